The highest BCUT2D eigenvalue weighted by Gasteiger charge is 2.29. The van der Waals surface area contributed by atoms with Gasteiger partial charge in [0.05, 0.1) is 13.2 Å². The van der Waals surface area contributed by atoms with Crippen LogP contribution < -0.4 is 19.5 Å². The minimum Gasteiger partial charge on any atom is -0.496 e. The molecule has 0 fully saturated rings. The second-order valence-corrected chi connectivity index (χ2v) is 8.03. The number of benzene rings is 2. The molecule has 2 heterocycles. The van der Waals surface area contributed by atoms with Crippen LogP contribution in [0, 0.1) is 0 Å². The highest BCUT2D eigenvalue weighted by molar-refractivity contribution is 5.54. The van der Waals surface area contributed by atoms with Crippen molar-refractivity contribution in [2.45, 2.75) is 45.1 Å². The molecule has 0 saturated heterocycles. The van der Waals surface area contributed by atoms with Crippen molar-refractivity contribution in [3.63, 3.8) is 0 Å². The summed E-state index contributed by atoms with van der Waals surface area (Å²) in [5.41, 5.74) is 5.24. The van der Waals surface area contributed by atoms with Crippen LogP contribution in [0.25, 0.3) is 0 Å². The van der Waals surface area contributed by atoms with Crippen molar-refractivity contribution in [3.05, 3.63) is 52.6 Å². The summed E-state index contributed by atoms with van der Waals surface area (Å²) in [6.07, 6.45) is 2.08. The lowest BCUT2D eigenvalue weighted by molar-refractivity contribution is 0.171. The predicted octanol–water partition coefficient (Wildman–Crippen LogP) is 4.39. The van der Waals surface area contributed by atoms with Crippen LogP contribution in [0.5, 0.6) is 17.2 Å². The van der Waals surface area contributed by atoms with Crippen LogP contribution in [0.3, 0.4) is 0 Å². The van der Waals surface area contributed by atoms with E-state index in [4.69, 9.17) is 14.2 Å². The molecule has 4 rings (SSSR count). The van der Waals surface area contributed by atoms with Gasteiger partial charge in [0.25, 0.3) is 0 Å². The van der Waals surface area contributed by atoms with E-state index in [0.29, 0.717) is 13.2 Å². The van der Waals surface area contributed by atoms with Crippen LogP contribution in [0.1, 0.15) is 55.5 Å². The maximum absolute atomic E-state index is 5.84. The average Bonchev–Trinajstić information content (AvgIpc) is 2.71. The van der Waals surface area contributed by atoms with Crippen LogP contribution in [0.15, 0.2) is 30.3 Å². The molecule has 0 aromatic heterocycles. The van der Waals surface area contributed by atoms with Crippen molar-refractivity contribution in [3.8, 4) is 17.2 Å². The summed E-state index contributed by atoms with van der Waals surface area (Å²) in [6, 6.07) is 11.0. The summed E-state index contributed by atoms with van der Waals surface area (Å²) in [5, 5.41) is 3.69. The van der Waals surface area contributed by atoms with Crippen molar-refractivity contribution in [2.75, 3.05) is 26.9 Å². The van der Waals surface area contributed by atoms with E-state index < -0.39 is 0 Å². The minimum atomic E-state index is 0.0899. The van der Waals surface area contributed by atoms with Crippen LogP contribution >= 0.6 is 0 Å². The summed E-state index contributed by atoms with van der Waals surface area (Å²) in [5.74, 6) is 2.64. The second kappa shape index (κ2) is 7.08. The maximum atomic E-state index is 5.84. The third-order valence-electron chi connectivity index (χ3n) is 6.06. The second-order valence-electron chi connectivity index (χ2n) is 8.03. The van der Waals surface area contributed by atoms with Crippen LogP contribution in [-0.4, -0.2) is 26.9 Å². The van der Waals surface area contributed by atoms with Gasteiger partial charge >= 0.3 is 0 Å². The molecule has 1 unspecified atom stereocenters. The third kappa shape index (κ3) is 3.27. The molecule has 0 spiro atoms. The number of methoxy groups -OCH3 is 1. The Morgan fingerprint density at radius 2 is 1.81 bits per heavy atom. The minimum absolute atomic E-state index is 0.0899. The predicted molar refractivity (Wildman–Crippen MR) is 107 cm³/mol. The van der Waals surface area contributed by atoms with Crippen molar-refractivity contribution in [1.82, 2.24) is 5.32 Å². The normalized spacial score (nSPS) is 18.7. The summed E-state index contributed by atoms with van der Waals surface area (Å²) < 4.78 is 17.4. The summed E-state index contributed by atoms with van der Waals surface area (Å²) in [6.45, 7) is 8.98. The lowest BCUT2D eigenvalue weighted by Gasteiger charge is -2.32. The van der Waals surface area contributed by atoms with Gasteiger partial charge in [0.1, 0.15) is 19.0 Å². The lowest BCUT2D eigenvalue weighted by atomic mass is 9.80. The van der Waals surface area contributed by atoms with Gasteiger partial charge in [-0.3, -0.25) is 0 Å². The Morgan fingerprint density at radius 1 is 1.07 bits per heavy atom. The number of hydrogen-bond acceptors (Lipinski definition) is 4. The largest absolute Gasteiger partial charge is 0.496 e. The molecule has 2 aliphatic heterocycles. The molecular formula is C23H29NO3. The molecule has 4 nitrogen and oxygen atoms in total. The number of ether oxygens (including phenoxy) is 3. The first-order chi connectivity index (χ1) is 13.0. The van der Waals surface area contributed by atoms with E-state index in [-0.39, 0.29) is 11.5 Å². The van der Waals surface area contributed by atoms with Gasteiger partial charge in [0.15, 0.2) is 11.5 Å². The molecule has 27 heavy (non-hydrogen) atoms. The fraction of sp³-hybridized carbons (Fsp3) is 0.478. The molecular weight excluding hydrogens is 338 g/mol. The highest BCUT2D eigenvalue weighted by Crippen LogP contribution is 2.42. The van der Waals surface area contributed by atoms with Crippen molar-refractivity contribution >= 4 is 0 Å². The van der Waals surface area contributed by atoms with Gasteiger partial charge in [-0.25, -0.2) is 0 Å². The van der Waals surface area contributed by atoms with Gasteiger partial charge in [0.2, 0.25) is 0 Å². The van der Waals surface area contributed by atoms with Gasteiger partial charge in [-0.1, -0.05) is 26.8 Å². The summed E-state index contributed by atoms with van der Waals surface area (Å²) in [7, 11) is 1.75. The first kappa shape index (κ1) is 18.2. The van der Waals surface area contributed by atoms with Gasteiger partial charge in [-0.05, 0) is 59.2 Å². The Morgan fingerprint density at radius 3 is 2.52 bits per heavy atom. The molecule has 1 N–H and O–H groups in total. The van der Waals surface area contributed by atoms with Gasteiger partial charge in [-0.2, -0.15) is 0 Å². The fourth-order valence-electron chi connectivity index (χ4n) is 3.96. The summed E-state index contributed by atoms with van der Waals surface area (Å²) >= 11 is 0. The van der Waals surface area contributed by atoms with E-state index in [1.165, 1.54) is 22.3 Å². The van der Waals surface area contributed by atoms with E-state index in [1.54, 1.807) is 7.11 Å². The molecule has 2 aliphatic rings. The first-order valence-electron chi connectivity index (χ1n) is 9.87. The van der Waals surface area contributed by atoms with E-state index in [1.807, 2.05) is 0 Å². The van der Waals surface area contributed by atoms with Crippen LogP contribution in [0.4, 0.5) is 0 Å². The van der Waals surface area contributed by atoms with Gasteiger partial charge in [-0.15, -0.1) is 0 Å². The van der Waals surface area contributed by atoms with Gasteiger partial charge in [0, 0.05) is 12.1 Å². The first-order valence-corrected chi connectivity index (χ1v) is 9.87. The molecule has 0 saturated carbocycles. The number of hydrogen-bond donors (Lipinski definition) is 1. The topological polar surface area (TPSA) is 39.7 Å². The van der Waals surface area contributed by atoms with Crippen molar-refractivity contribution in [2.24, 2.45) is 0 Å². The monoisotopic (exact) mass is 367 g/mol. The zero-order chi connectivity index (χ0) is 19.0. The summed E-state index contributed by atoms with van der Waals surface area (Å²) in [4.78, 5) is 0. The van der Waals surface area contributed by atoms with E-state index in [2.05, 4.69) is 56.4 Å². The molecule has 1 atom stereocenters. The quantitative estimate of drug-likeness (QED) is 0.870. The van der Waals surface area contributed by atoms with E-state index in [9.17, 15) is 0 Å². The Hall–Kier alpha value is -2.20. The number of fused-ring (bicyclic) bond motifs is 2. The van der Waals surface area contributed by atoms with E-state index >= 15 is 0 Å². The lowest BCUT2D eigenvalue weighted by Crippen LogP contribution is -2.31. The zero-order valence-corrected chi connectivity index (χ0v) is 16.7. The standard InChI is InChI=1S/C23H29NO3/c1-5-23(2,3)16-6-7-19(25-4)18(13-16)22-17-14-21-20(26-10-11-27-21)12-15(17)8-9-24-22/h6-7,12-14,22,24H,5,8-11H2,1-4H3. The Bertz CT molecular complexity index is 844. The molecule has 0 aliphatic carbocycles. The average molecular weight is 367 g/mol. The zero-order valence-electron chi connectivity index (χ0n) is 16.7. The number of rotatable bonds is 4. The number of nitrogens with one attached hydrogen (secondary N) is 1. The Kier molecular flexibility index (Phi) is 4.77. The molecule has 144 valence electrons. The highest BCUT2D eigenvalue weighted by atomic mass is 16.6. The third-order valence-corrected chi connectivity index (χ3v) is 6.06. The van der Waals surface area contributed by atoms with Gasteiger partial charge < -0.3 is 19.5 Å². The molecule has 2 aromatic carbocycles. The smallest absolute Gasteiger partial charge is 0.161 e. The van der Waals surface area contributed by atoms with Crippen molar-refractivity contribution < 1.29 is 14.2 Å². The van der Waals surface area contributed by atoms with Crippen molar-refractivity contribution in [1.29, 1.82) is 0 Å². The SMILES string of the molecule is CCC(C)(C)c1ccc(OC)c(C2NCCc3cc4c(cc32)OCCO4)c1. The van der Waals surface area contributed by atoms with E-state index in [0.717, 1.165) is 36.6 Å². The molecule has 0 bridgehead atoms. The Balaban J connectivity index is 1.82. The fourth-order valence-corrected chi connectivity index (χ4v) is 3.96. The molecule has 0 radical (unpaired) electrons. The molecule has 0 amide bonds. The van der Waals surface area contributed by atoms with Crippen LogP contribution in [0.2, 0.25) is 0 Å². The maximum Gasteiger partial charge on any atom is 0.161 e. The Labute approximate surface area is 161 Å². The molecule has 4 heteroatoms. The van der Waals surface area contributed by atoms with Crippen LogP contribution in [-0.2, 0) is 11.8 Å². The molecule has 2 aromatic rings.